The zero-order valence-corrected chi connectivity index (χ0v) is 15.6. The highest BCUT2D eigenvalue weighted by Gasteiger charge is 2.14. The summed E-state index contributed by atoms with van der Waals surface area (Å²) in [7, 11) is 2.70. The van der Waals surface area contributed by atoms with Gasteiger partial charge in [-0.2, -0.15) is 0 Å². The molecule has 0 radical (unpaired) electrons. The van der Waals surface area contributed by atoms with E-state index in [0.717, 1.165) is 12.0 Å². The van der Waals surface area contributed by atoms with E-state index in [0.29, 0.717) is 30.3 Å². The van der Waals surface area contributed by atoms with E-state index < -0.39 is 11.9 Å². The standard InChI is InChI=1S/C21H20O7/c1-24-18-13-15(21(23)25-2)6-8-17(18)28-20(22)9-5-14-4-7-16-19(12-14)27-11-3-10-26-16/h4-9,12-13H,3,10-11H2,1-2H3/b9-5+. The SMILES string of the molecule is COC(=O)c1ccc(OC(=O)/C=C/c2ccc3c(c2)OCCCO3)c(OC)c1. The molecule has 0 aromatic heterocycles. The zero-order chi connectivity index (χ0) is 19.9. The third-order valence-corrected chi connectivity index (χ3v) is 3.98. The Bertz CT molecular complexity index is 902. The second kappa shape index (κ2) is 8.94. The lowest BCUT2D eigenvalue weighted by atomic mass is 10.2. The molecule has 0 atom stereocenters. The summed E-state index contributed by atoms with van der Waals surface area (Å²) in [5.41, 5.74) is 1.07. The maximum atomic E-state index is 12.2. The highest BCUT2D eigenvalue weighted by molar-refractivity contribution is 5.91. The van der Waals surface area contributed by atoms with Crippen molar-refractivity contribution in [2.24, 2.45) is 0 Å². The molecule has 0 aliphatic carbocycles. The average molecular weight is 384 g/mol. The molecule has 0 saturated heterocycles. The van der Waals surface area contributed by atoms with E-state index in [-0.39, 0.29) is 11.5 Å². The summed E-state index contributed by atoms with van der Waals surface area (Å²) in [5.74, 6) is 0.686. The number of methoxy groups -OCH3 is 2. The van der Waals surface area contributed by atoms with Gasteiger partial charge in [0.25, 0.3) is 0 Å². The first kappa shape index (κ1) is 19.3. The molecule has 0 saturated carbocycles. The van der Waals surface area contributed by atoms with Crippen molar-refractivity contribution in [1.82, 2.24) is 0 Å². The third kappa shape index (κ3) is 4.62. The summed E-state index contributed by atoms with van der Waals surface area (Å²) < 4.78 is 26.4. The van der Waals surface area contributed by atoms with Gasteiger partial charge in [0.2, 0.25) is 0 Å². The Kier molecular flexibility index (Phi) is 6.16. The molecule has 3 rings (SSSR count). The van der Waals surface area contributed by atoms with Crippen LogP contribution in [-0.4, -0.2) is 39.4 Å². The van der Waals surface area contributed by atoms with Crippen LogP contribution in [0.2, 0.25) is 0 Å². The molecule has 28 heavy (non-hydrogen) atoms. The lowest BCUT2D eigenvalue weighted by Gasteiger charge is -2.09. The molecule has 0 bridgehead atoms. The van der Waals surface area contributed by atoms with Crippen molar-refractivity contribution in [3.63, 3.8) is 0 Å². The molecule has 1 aliphatic rings. The Morgan fingerprint density at radius 1 is 0.964 bits per heavy atom. The summed E-state index contributed by atoms with van der Waals surface area (Å²) in [6, 6.07) is 9.84. The second-order valence-corrected chi connectivity index (χ2v) is 5.87. The molecular formula is C21H20O7. The molecule has 2 aromatic rings. The van der Waals surface area contributed by atoms with Gasteiger partial charge in [0.05, 0.1) is 33.0 Å². The number of hydrogen-bond acceptors (Lipinski definition) is 7. The third-order valence-electron chi connectivity index (χ3n) is 3.98. The van der Waals surface area contributed by atoms with Crippen molar-refractivity contribution in [2.45, 2.75) is 6.42 Å². The second-order valence-electron chi connectivity index (χ2n) is 5.87. The van der Waals surface area contributed by atoms with E-state index >= 15 is 0 Å². The Balaban J connectivity index is 1.70. The molecule has 2 aromatic carbocycles. The molecule has 0 N–H and O–H groups in total. The largest absolute Gasteiger partial charge is 0.493 e. The summed E-state index contributed by atoms with van der Waals surface area (Å²) in [6.45, 7) is 1.20. The van der Waals surface area contributed by atoms with Crippen LogP contribution in [-0.2, 0) is 9.53 Å². The van der Waals surface area contributed by atoms with E-state index in [2.05, 4.69) is 4.74 Å². The lowest BCUT2D eigenvalue weighted by Crippen LogP contribution is -2.07. The van der Waals surface area contributed by atoms with Gasteiger partial charge in [0, 0.05) is 12.5 Å². The summed E-state index contributed by atoms with van der Waals surface area (Å²) >= 11 is 0. The first-order valence-corrected chi connectivity index (χ1v) is 8.66. The molecule has 0 fully saturated rings. The molecule has 1 heterocycles. The lowest BCUT2D eigenvalue weighted by molar-refractivity contribution is -0.129. The number of carbonyl (C=O) groups excluding carboxylic acids is 2. The van der Waals surface area contributed by atoms with Gasteiger partial charge in [-0.1, -0.05) is 6.07 Å². The predicted octanol–water partition coefficient (Wildman–Crippen LogP) is 3.26. The van der Waals surface area contributed by atoms with Crippen molar-refractivity contribution in [3.05, 3.63) is 53.6 Å². The molecule has 0 unspecified atom stereocenters. The molecule has 0 spiro atoms. The Hall–Kier alpha value is -3.48. The zero-order valence-electron chi connectivity index (χ0n) is 15.6. The molecule has 7 nitrogen and oxygen atoms in total. The Morgan fingerprint density at radius 2 is 1.75 bits per heavy atom. The van der Waals surface area contributed by atoms with Crippen molar-refractivity contribution < 1.29 is 33.3 Å². The van der Waals surface area contributed by atoms with Crippen LogP contribution in [0.5, 0.6) is 23.0 Å². The minimum atomic E-state index is -0.587. The summed E-state index contributed by atoms with van der Waals surface area (Å²) in [5, 5.41) is 0. The van der Waals surface area contributed by atoms with E-state index in [1.165, 1.54) is 38.5 Å². The van der Waals surface area contributed by atoms with Gasteiger partial charge in [-0.05, 0) is 42.0 Å². The van der Waals surface area contributed by atoms with Crippen LogP contribution in [0.1, 0.15) is 22.3 Å². The van der Waals surface area contributed by atoms with E-state index in [1.54, 1.807) is 18.2 Å². The number of esters is 2. The molecular weight excluding hydrogens is 364 g/mol. The number of ether oxygens (including phenoxy) is 5. The fraction of sp³-hybridized carbons (Fsp3) is 0.238. The highest BCUT2D eigenvalue weighted by atomic mass is 16.6. The molecule has 0 amide bonds. The maximum absolute atomic E-state index is 12.2. The number of hydrogen-bond donors (Lipinski definition) is 0. The fourth-order valence-electron chi connectivity index (χ4n) is 2.59. The van der Waals surface area contributed by atoms with Gasteiger partial charge < -0.3 is 23.7 Å². The fourth-order valence-corrected chi connectivity index (χ4v) is 2.59. The molecule has 146 valence electrons. The van der Waals surface area contributed by atoms with Crippen molar-refractivity contribution in [3.8, 4) is 23.0 Å². The molecule has 1 aliphatic heterocycles. The normalized spacial score (nSPS) is 12.9. The van der Waals surface area contributed by atoms with Crippen LogP contribution in [0, 0.1) is 0 Å². The smallest absolute Gasteiger partial charge is 0.337 e. The van der Waals surface area contributed by atoms with E-state index in [9.17, 15) is 9.59 Å². The first-order chi connectivity index (χ1) is 13.6. The highest BCUT2D eigenvalue weighted by Crippen LogP contribution is 2.31. The van der Waals surface area contributed by atoms with Crippen LogP contribution in [0.25, 0.3) is 6.08 Å². The van der Waals surface area contributed by atoms with Crippen LogP contribution >= 0.6 is 0 Å². The molecule has 7 heteroatoms. The number of fused-ring (bicyclic) bond motifs is 1. The van der Waals surface area contributed by atoms with Crippen LogP contribution in [0.3, 0.4) is 0 Å². The van der Waals surface area contributed by atoms with Gasteiger partial charge in [-0.15, -0.1) is 0 Å². The van der Waals surface area contributed by atoms with Crippen LogP contribution in [0.4, 0.5) is 0 Å². The topological polar surface area (TPSA) is 80.3 Å². The number of rotatable bonds is 5. The first-order valence-electron chi connectivity index (χ1n) is 8.66. The van der Waals surface area contributed by atoms with Gasteiger partial charge in [-0.3, -0.25) is 0 Å². The quantitative estimate of drug-likeness (QED) is 0.445. The van der Waals surface area contributed by atoms with Gasteiger partial charge in [-0.25, -0.2) is 9.59 Å². The minimum Gasteiger partial charge on any atom is -0.493 e. The van der Waals surface area contributed by atoms with Gasteiger partial charge in [0.15, 0.2) is 23.0 Å². The van der Waals surface area contributed by atoms with Crippen molar-refractivity contribution >= 4 is 18.0 Å². The van der Waals surface area contributed by atoms with E-state index in [1.807, 2.05) is 6.07 Å². The number of benzene rings is 2. The minimum absolute atomic E-state index is 0.198. The number of carbonyl (C=O) groups is 2. The predicted molar refractivity (Wildman–Crippen MR) is 101 cm³/mol. The van der Waals surface area contributed by atoms with Gasteiger partial charge in [0.1, 0.15) is 0 Å². The van der Waals surface area contributed by atoms with Gasteiger partial charge >= 0.3 is 11.9 Å². The summed E-state index contributed by atoms with van der Waals surface area (Å²) in [6.07, 6.45) is 3.74. The summed E-state index contributed by atoms with van der Waals surface area (Å²) in [4.78, 5) is 23.7. The average Bonchev–Trinajstić information content (AvgIpc) is 2.96. The van der Waals surface area contributed by atoms with Crippen molar-refractivity contribution in [2.75, 3.05) is 27.4 Å². The monoisotopic (exact) mass is 384 g/mol. The van der Waals surface area contributed by atoms with E-state index in [4.69, 9.17) is 18.9 Å². The van der Waals surface area contributed by atoms with Crippen LogP contribution in [0.15, 0.2) is 42.5 Å². The van der Waals surface area contributed by atoms with Crippen molar-refractivity contribution in [1.29, 1.82) is 0 Å². The maximum Gasteiger partial charge on any atom is 0.337 e. The Morgan fingerprint density at radius 3 is 2.50 bits per heavy atom. The Labute approximate surface area is 162 Å². The van der Waals surface area contributed by atoms with Crippen LogP contribution < -0.4 is 18.9 Å².